The first-order valence-corrected chi connectivity index (χ1v) is 9.54. The quantitative estimate of drug-likeness (QED) is 0.668. The van der Waals surface area contributed by atoms with Crippen molar-refractivity contribution in [1.29, 1.82) is 0 Å². The zero-order valence-electron chi connectivity index (χ0n) is 17.0. The Bertz CT molecular complexity index is 991. The number of aryl methyl sites for hydroxylation is 1. The molecule has 0 saturated heterocycles. The van der Waals surface area contributed by atoms with Gasteiger partial charge in [0, 0.05) is 23.1 Å². The lowest BCUT2D eigenvalue weighted by Crippen LogP contribution is -2.14. The lowest BCUT2D eigenvalue weighted by molar-refractivity contribution is 0.1000. The Labute approximate surface area is 166 Å². The predicted octanol–water partition coefficient (Wildman–Crippen LogP) is 4.28. The first-order chi connectivity index (χ1) is 13.5. The van der Waals surface area contributed by atoms with Gasteiger partial charge >= 0.3 is 0 Å². The Morgan fingerprint density at radius 2 is 2.00 bits per heavy atom. The van der Waals surface area contributed by atoms with Gasteiger partial charge in [-0.1, -0.05) is 25.5 Å². The summed E-state index contributed by atoms with van der Waals surface area (Å²) in [6.45, 7) is 6.71. The van der Waals surface area contributed by atoms with E-state index >= 15 is 0 Å². The number of primary amides is 1. The first-order valence-electron chi connectivity index (χ1n) is 9.54. The molecule has 3 aromatic rings. The van der Waals surface area contributed by atoms with Crippen LogP contribution in [0.25, 0.3) is 11.1 Å². The maximum Gasteiger partial charge on any atom is 0.251 e. The molecule has 1 aromatic carbocycles. The number of nitrogens with zero attached hydrogens (tertiary/aromatic N) is 2. The van der Waals surface area contributed by atoms with Crippen LogP contribution in [-0.4, -0.2) is 22.6 Å². The van der Waals surface area contributed by atoms with Gasteiger partial charge < -0.3 is 15.0 Å². The molecule has 0 unspecified atom stereocenters. The zero-order chi connectivity index (χ0) is 20.3. The molecular formula is C23H27N3O2. The lowest BCUT2D eigenvalue weighted by Gasteiger charge is -2.13. The normalized spacial score (nSPS) is 10.9. The maximum absolute atomic E-state index is 12.4. The van der Waals surface area contributed by atoms with Crippen molar-refractivity contribution in [3.05, 3.63) is 70.8 Å². The predicted molar refractivity (Wildman–Crippen MR) is 112 cm³/mol. The van der Waals surface area contributed by atoms with Crippen LogP contribution in [0.5, 0.6) is 5.75 Å². The topological polar surface area (TPSA) is 70.1 Å². The summed E-state index contributed by atoms with van der Waals surface area (Å²) in [5, 5.41) is 0. The van der Waals surface area contributed by atoms with E-state index in [9.17, 15) is 4.79 Å². The zero-order valence-corrected chi connectivity index (χ0v) is 17.0. The smallest absolute Gasteiger partial charge is 0.251 e. The second-order valence-electron chi connectivity index (χ2n) is 6.99. The number of pyridine rings is 1. The monoisotopic (exact) mass is 377 g/mol. The molecule has 1 amide bonds. The van der Waals surface area contributed by atoms with Crippen LogP contribution in [0.4, 0.5) is 0 Å². The molecule has 0 spiro atoms. The van der Waals surface area contributed by atoms with Gasteiger partial charge in [0.1, 0.15) is 5.75 Å². The van der Waals surface area contributed by atoms with Crippen molar-refractivity contribution < 1.29 is 9.53 Å². The van der Waals surface area contributed by atoms with Crippen LogP contribution in [0, 0.1) is 13.8 Å². The lowest BCUT2D eigenvalue weighted by atomic mass is 9.96. The molecule has 2 aromatic heterocycles. The Morgan fingerprint density at radius 1 is 1.21 bits per heavy atom. The van der Waals surface area contributed by atoms with Crippen molar-refractivity contribution in [3.63, 3.8) is 0 Å². The molecule has 0 aliphatic carbocycles. The highest BCUT2D eigenvalue weighted by Crippen LogP contribution is 2.36. The van der Waals surface area contributed by atoms with Crippen LogP contribution in [-0.2, 0) is 13.0 Å². The summed E-state index contributed by atoms with van der Waals surface area (Å²) in [6, 6.07) is 11.9. The molecule has 2 N–H and O–H groups in total. The highest BCUT2D eigenvalue weighted by atomic mass is 16.5. The van der Waals surface area contributed by atoms with Crippen LogP contribution in [0.1, 0.15) is 46.3 Å². The second-order valence-corrected chi connectivity index (χ2v) is 6.99. The fourth-order valence-corrected chi connectivity index (χ4v) is 3.81. The molecule has 0 aliphatic heterocycles. The standard InChI is InChI=1S/C23H27N3O2/c1-5-8-19-22(17-10-11-20(28-4)15(2)13-17)21(23(24)27)16(3)26(19)14-18-9-6-7-12-25-18/h6-7,9-13H,5,8,14H2,1-4H3,(H2,24,27). The Kier molecular flexibility index (Phi) is 5.83. The number of methoxy groups -OCH3 is 1. The number of aromatic nitrogens is 2. The molecule has 5 heteroatoms. The second kappa shape index (κ2) is 8.30. The van der Waals surface area contributed by atoms with Crippen molar-refractivity contribution in [2.45, 2.75) is 40.2 Å². The molecule has 146 valence electrons. The number of rotatable bonds is 7. The fourth-order valence-electron chi connectivity index (χ4n) is 3.81. The SMILES string of the molecule is CCCc1c(-c2ccc(OC)c(C)c2)c(C(N)=O)c(C)n1Cc1ccccn1. The van der Waals surface area contributed by atoms with E-state index in [0.717, 1.165) is 52.4 Å². The number of carbonyl (C=O) groups is 1. The van der Waals surface area contributed by atoms with Gasteiger partial charge in [0.05, 0.1) is 24.9 Å². The van der Waals surface area contributed by atoms with E-state index in [0.29, 0.717) is 12.1 Å². The number of benzene rings is 1. The van der Waals surface area contributed by atoms with Crippen molar-refractivity contribution in [3.8, 4) is 16.9 Å². The molecule has 0 fully saturated rings. The van der Waals surface area contributed by atoms with E-state index in [1.54, 1.807) is 13.3 Å². The maximum atomic E-state index is 12.4. The molecule has 0 saturated carbocycles. The minimum atomic E-state index is -0.405. The Balaban J connectivity index is 2.24. The van der Waals surface area contributed by atoms with Crippen molar-refractivity contribution in [2.24, 2.45) is 5.73 Å². The fraction of sp³-hybridized carbons (Fsp3) is 0.304. The molecule has 28 heavy (non-hydrogen) atoms. The summed E-state index contributed by atoms with van der Waals surface area (Å²) in [4.78, 5) is 16.9. The third-order valence-corrected chi connectivity index (χ3v) is 5.09. The van der Waals surface area contributed by atoms with Gasteiger partial charge in [-0.25, -0.2) is 0 Å². The third kappa shape index (κ3) is 3.65. The average Bonchev–Trinajstić information content (AvgIpc) is 2.95. The summed E-state index contributed by atoms with van der Waals surface area (Å²) in [5.41, 5.74) is 12.3. The number of hydrogen-bond acceptors (Lipinski definition) is 3. The highest BCUT2D eigenvalue weighted by molar-refractivity contribution is 6.02. The molecule has 5 nitrogen and oxygen atoms in total. The van der Waals surface area contributed by atoms with E-state index in [2.05, 4.69) is 22.5 Å². The minimum Gasteiger partial charge on any atom is -0.496 e. The summed E-state index contributed by atoms with van der Waals surface area (Å²) in [5.74, 6) is 0.421. The summed E-state index contributed by atoms with van der Waals surface area (Å²) < 4.78 is 7.58. The highest BCUT2D eigenvalue weighted by Gasteiger charge is 2.25. The minimum absolute atomic E-state index is 0.405. The molecule has 0 atom stereocenters. The number of ether oxygens (including phenoxy) is 1. The van der Waals surface area contributed by atoms with Gasteiger partial charge in [-0.05, 0) is 55.7 Å². The number of carbonyl (C=O) groups excluding carboxylic acids is 1. The number of hydrogen-bond donors (Lipinski definition) is 1. The first kappa shape index (κ1) is 19.7. The van der Waals surface area contributed by atoms with Crippen molar-refractivity contribution in [1.82, 2.24) is 9.55 Å². The van der Waals surface area contributed by atoms with Gasteiger partial charge in [0.25, 0.3) is 5.91 Å². The van der Waals surface area contributed by atoms with Gasteiger partial charge in [-0.3, -0.25) is 9.78 Å². The van der Waals surface area contributed by atoms with Crippen LogP contribution >= 0.6 is 0 Å². The summed E-state index contributed by atoms with van der Waals surface area (Å²) in [7, 11) is 1.66. The van der Waals surface area contributed by atoms with Crippen LogP contribution in [0.15, 0.2) is 42.6 Å². The molecule has 0 aliphatic rings. The van der Waals surface area contributed by atoms with Crippen LogP contribution in [0.2, 0.25) is 0 Å². The molecule has 0 radical (unpaired) electrons. The third-order valence-electron chi connectivity index (χ3n) is 5.09. The summed E-state index contributed by atoms with van der Waals surface area (Å²) in [6.07, 6.45) is 3.60. The van der Waals surface area contributed by atoms with Gasteiger partial charge in [-0.15, -0.1) is 0 Å². The number of nitrogens with two attached hydrogens (primary N) is 1. The molecule has 2 heterocycles. The van der Waals surface area contributed by atoms with E-state index in [1.165, 1.54) is 0 Å². The largest absolute Gasteiger partial charge is 0.496 e. The van der Waals surface area contributed by atoms with Crippen molar-refractivity contribution in [2.75, 3.05) is 7.11 Å². The van der Waals surface area contributed by atoms with E-state index in [-0.39, 0.29) is 0 Å². The Hall–Kier alpha value is -3.08. The van der Waals surface area contributed by atoms with Gasteiger partial charge in [0.2, 0.25) is 0 Å². The van der Waals surface area contributed by atoms with Crippen LogP contribution < -0.4 is 10.5 Å². The van der Waals surface area contributed by atoms with Gasteiger partial charge in [0.15, 0.2) is 0 Å². The molecular weight excluding hydrogens is 350 g/mol. The van der Waals surface area contributed by atoms with Gasteiger partial charge in [-0.2, -0.15) is 0 Å². The van der Waals surface area contributed by atoms with E-state index in [1.807, 2.05) is 44.2 Å². The van der Waals surface area contributed by atoms with Crippen LogP contribution in [0.3, 0.4) is 0 Å². The Morgan fingerprint density at radius 3 is 2.57 bits per heavy atom. The van der Waals surface area contributed by atoms with E-state index in [4.69, 9.17) is 10.5 Å². The molecule has 0 bridgehead atoms. The van der Waals surface area contributed by atoms with E-state index < -0.39 is 5.91 Å². The number of amides is 1. The average molecular weight is 377 g/mol. The van der Waals surface area contributed by atoms with Crippen molar-refractivity contribution >= 4 is 5.91 Å². The molecule has 3 rings (SSSR count). The summed E-state index contributed by atoms with van der Waals surface area (Å²) >= 11 is 0.